The van der Waals surface area contributed by atoms with Crippen molar-refractivity contribution in [2.45, 2.75) is 0 Å². The van der Waals surface area contributed by atoms with Crippen LogP contribution in [-0.2, 0) is 0 Å². The molecule has 112 valence electrons. The summed E-state index contributed by atoms with van der Waals surface area (Å²) in [5, 5.41) is 13.6. The van der Waals surface area contributed by atoms with Crippen molar-refractivity contribution in [1.82, 2.24) is 15.0 Å². The van der Waals surface area contributed by atoms with Gasteiger partial charge in [0, 0.05) is 38.3 Å². The highest BCUT2D eigenvalue weighted by Crippen LogP contribution is 2.26. The molecule has 3 rings (SSSR count). The maximum atomic E-state index is 8.95. The molecular formula is C14H17ClN4O2. The van der Waals surface area contributed by atoms with Gasteiger partial charge < -0.3 is 14.5 Å². The van der Waals surface area contributed by atoms with Crippen LogP contribution >= 0.6 is 11.6 Å². The second-order valence-electron chi connectivity index (χ2n) is 4.93. The number of hydrogen-bond acceptors (Lipinski definition) is 6. The molecule has 6 nitrogen and oxygen atoms in total. The molecule has 0 amide bonds. The average molecular weight is 309 g/mol. The molecule has 1 fully saturated rings. The van der Waals surface area contributed by atoms with E-state index in [1.54, 1.807) is 6.07 Å². The summed E-state index contributed by atoms with van der Waals surface area (Å²) in [4.78, 5) is 8.70. The molecule has 1 aromatic carbocycles. The van der Waals surface area contributed by atoms with Crippen molar-refractivity contribution < 1.29 is 9.63 Å². The minimum atomic E-state index is 0.192. The normalized spacial score (nSPS) is 16.4. The second-order valence-corrected chi connectivity index (χ2v) is 5.34. The Kier molecular flexibility index (Phi) is 4.38. The summed E-state index contributed by atoms with van der Waals surface area (Å²) in [7, 11) is 0. The average Bonchev–Trinajstić information content (AvgIpc) is 2.98. The highest BCUT2D eigenvalue weighted by atomic mass is 35.5. The molecule has 21 heavy (non-hydrogen) atoms. The number of aliphatic hydroxyl groups is 1. The number of hydrogen-bond donors (Lipinski definition) is 1. The highest BCUT2D eigenvalue weighted by Gasteiger charge is 2.21. The number of halogens is 1. The van der Waals surface area contributed by atoms with Gasteiger partial charge >= 0.3 is 6.01 Å². The first kappa shape index (κ1) is 14.3. The van der Waals surface area contributed by atoms with Gasteiger partial charge in [-0.05, 0) is 12.1 Å². The number of anilines is 1. The van der Waals surface area contributed by atoms with Crippen LogP contribution in [0, 0.1) is 0 Å². The van der Waals surface area contributed by atoms with Gasteiger partial charge in [0.05, 0.1) is 11.6 Å². The summed E-state index contributed by atoms with van der Waals surface area (Å²) in [5.41, 5.74) is 0.771. The Morgan fingerprint density at radius 1 is 1.19 bits per heavy atom. The first-order valence-electron chi connectivity index (χ1n) is 6.94. The molecule has 1 aromatic heterocycles. The molecule has 1 saturated heterocycles. The third-order valence-electron chi connectivity index (χ3n) is 3.59. The van der Waals surface area contributed by atoms with Gasteiger partial charge in [0.25, 0.3) is 0 Å². The summed E-state index contributed by atoms with van der Waals surface area (Å²) in [6, 6.07) is 7.96. The molecule has 0 atom stereocenters. The highest BCUT2D eigenvalue weighted by molar-refractivity contribution is 6.33. The molecule has 0 spiro atoms. The number of rotatable bonds is 4. The second kappa shape index (κ2) is 6.43. The van der Waals surface area contributed by atoms with Crippen LogP contribution in [0.25, 0.3) is 11.4 Å². The van der Waals surface area contributed by atoms with Crippen LogP contribution in [-0.4, -0.2) is 59.5 Å². The first-order valence-corrected chi connectivity index (χ1v) is 7.32. The Morgan fingerprint density at radius 2 is 1.95 bits per heavy atom. The van der Waals surface area contributed by atoms with E-state index in [4.69, 9.17) is 21.2 Å². The monoisotopic (exact) mass is 308 g/mol. The van der Waals surface area contributed by atoms with Crippen LogP contribution in [0.15, 0.2) is 28.8 Å². The lowest BCUT2D eigenvalue weighted by Crippen LogP contribution is -2.47. The van der Waals surface area contributed by atoms with Crippen LogP contribution in [0.3, 0.4) is 0 Å². The van der Waals surface area contributed by atoms with E-state index in [2.05, 4.69) is 19.9 Å². The van der Waals surface area contributed by atoms with Crippen molar-refractivity contribution in [3.63, 3.8) is 0 Å². The lowest BCUT2D eigenvalue weighted by molar-refractivity contribution is 0.186. The molecule has 7 heteroatoms. The first-order chi connectivity index (χ1) is 10.3. The Balaban J connectivity index is 1.70. The fourth-order valence-electron chi connectivity index (χ4n) is 2.40. The van der Waals surface area contributed by atoms with E-state index in [1.165, 1.54) is 0 Å². The molecule has 1 aliphatic heterocycles. The van der Waals surface area contributed by atoms with Gasteiger partial charge in [-0.15, -0.1) is 0 Å². The Hall–Kier alpha value is -1.63. The molecule has 2 aromatic rings. The molecule has 0 saturated carbocycles. The van der Waals surface area contributed by atoms with Crippen LogP contribution in [0.1, 0.15) is 0 Å². The van der Waals surface area contributed by atoms with Gasteiger partial charge in [0.15, 0.2) is 0 Å². The van der Waals surface area contributed by atoms with E-state index < -0.39 is 0 Å². The van der Waals surface area contributed by atoms with Crippen molar-refractivity contribution in [2.24, 2.45) is 0 Å². The number of nitrogens with zero attached hydrogens (tertiary/aromatic N) is 4. The van der Waals surface area contributed by atoms with Gasteiger partial charge in [-0.2, -0.15) is 4.98 Å². The van der Waals surface area contributed by atoms with Crippen LogP contribution < -0.4 is 4.90 Å². The topological polar surface area (TPSA) is 65.6 Å². The van der Waals surface area contributed by atoms with Gasteiger partial charge in [0.2, 0.25) is 5.82 Å². The Labute approximate surface area is 127 Å². The van der Waals surface area contributed by atoms with Crippen molar-refractivity contribution in [1.29, 1.82) is 0 Å². The standard InChI is InChI=1S/C14H17ClN4O2/c15-12-4-2-1-3-11(12)13-16-14(21-17-13)19-7-5-18(6-8-19)9-10-20/h1-4,20H,5-10H2. The maximum absolute atomic E-state index is 8.95. The van der Waals surface area contributed by atoms with Crippen LogP contribution in [0.2, 0.25) is 5.02 Å². The quantitative estimate of drug-likeness (QED) is 0.923. The van der Waals surface area contributed by atoms with Crippen LogP contribution in [0.5, 0.6) is 0 Å². The molecule has 0 unspecified atom stereocenters. The number of β-amino-alcohol motifs (C(OH)–C–C–N with tert-alkyl or cyclic N) is 1. The third-order valence-corrected chi connectivity index (χ3v) is 3.92. The number of benzene rings is 1. The molecule has 2 heterocycles. The number of aliphatic hydroxyl groups excluding tert-OH is 1. The SMILES string of the molecule is OCCN1CCN(c2nc(-c3ccccc3Cl)no2)CC1. The predicted octanol–water partition coefficient (Wildman–Crippen LogP) is 1.50. The van der Waals surface area contributed by atoms with Crippen LogP contribution in [0.4, 0.5) is 6.01 Å². The van der Waals surface area contributed by atoms with E-state index in [1.807, 2.05) is 18.2 Å². The summed E-state index contributed by atoms with van der Waals surface area (Å²) in [6.07, 6.45) is 0. The zero-order chi connectivity index (χ0) is 14.7. The minimum Gasteiger partial charge on any atom is -0.395 e. The zero-order valence-corrected chi connectivity index (χ0v) is 12.3. The van der Waals surface area contributed by atoms with Gasteiger partial charge in [-0.1, -0.05) is 28.9 Å². The fraction of sp³-hybridized carbons (Fsp3) is 0.429. The molecule has 0 radical (unpaired) electrons. The Bertz CT molecular complexity index is 596. The predicted molar refractivity (Wildman–Crippen MR) is 80.5 cm³/mol. The van der Waals surface area contributed by atoms with E-state index in [-0.39, 0.29) is 6.61 Å². The lowest BCUT2D eigenvalue weighted by Gasteiger charge is -2.32. The van der Waals surface area contributed by atoms with Crippen molar-refractivity contribution in [3.05, 3.63) is 29.3 Å². The molecular weight excluding hydrogens is 292 g/mol. The largest absolute Gasteiger partial charge is 0.395 e. The van der Waals surface area contributed by atoms with Gasteiger partial charge in [-0.3, -0.25) is 4.90 Å². The lowest BCUT2D eigenvalue weighted by atomic mass is 10.2. The molecule has 0 bridgehead atoms. The van der Waals surface area contributed by atoms with Crippen molar-refractivity contribution >= 4 is 17.6 Å². The maximum Gasteiger partial charge on any atom is 0.324 e. The zero-order valence-electron chi connectivity index (χ0n) is 11.6. The van der Waals surface area contributed by atoms with Crippen molar-refractivity contribution in [2.75, 3.05) is 44.2 Å². The Morgan fingerprint density at radius 3 is 2.67 bits per heavy atom. The summed E-state index contributed by atoms with van der Waals surface area (Å²) < 4.78 is 5.35. The molecule has 1 aliphatic rings. The summed E-state index contributed by atoms with van der Waals surface area (Å²) in [5.74, 6) is 0.508. The molecule has 1 N–H and O–H groups in total. The fourth-order valence-corrected chi connectivity index (χ4v) is 2.62. The van der Waals surface area contributed by atoms with Gasteiger partial charge in [-0.25, -0.2) is 0 Å². The van der Waals surface area contributed by atoms with E-state index in [9.17, 15) is 0 Å². The minimum absolute atomic E-state index is 0.192. The van der Waals surface area contributed by atoms with Gasteiger partial charge in [0.1, 0.15) is 0 Å². The number of aromatic nitrogens is 2. The molecule has 0 aliphatic carbocycles. The van der Waals surface area contributed by atoms with Crippen molar-refractivity contribution in [3.8, 4) is 11.4 Å². The summed E-state index contributed by atoms with van der Waals surface area (Å²) >= 11 is 6.14. The number of piperazine rings is 1. The van der Waals surface area contributed by atoms with E-state index in [0.29, 0.717) is 23.4 Å². The smallest absolute Gasteiger partial charge is 0.324 e. The van der Waals surface area contributed by atoms with E-state index >= 15 is 0 Å². The van der Waals surface area contributed by atoms with E-state index in [0.717, 1.165) is 31.7 Å². The third kappa shape index (κ3) is 3.18. The summed E-state index contributed by atoms with van der Waals surface area (Å²) in [6.45, 7) is 4.28.